The van der Waals surface area contributed by atoms with Gasteiger partial charge in [0.2, 0.25) is 11.8 Å². The fourth-order valence-corrected chi connectivity index (χ4v) is 1.13. The highest BCUT2D eigenvalue weighted by Crippen LogP contribution is 2.19. The van der Waals surface area contributed by atoms with Gasteiger partial charge in [-0.1, -0.05) is 0 Å². The molecule has 1 aromatic rings. The Morgan fingerprint density at radius 1 is 1.44 bits per heavy atom. The predicted molar refractivity (Wildman–Crippen MR) is 58.1 cm³/mol. The van der Waals surface area contributed by atoms with Crippen LogP contribution >= 0.6 is 0 Å². The number of rotatable bonds is 5. The monoisotopic (exact) mass is 225 g/mol. The Labute approximate surface area is 94.0 Å². The van der Waals surface area contributed by atoms with Gasteiger partial charge in [0.05, 0.1) is 18.3 Å². The van der Waals surface area contributed by atoms with Crippen LogP contribution in [0.4, 0.5) is 0 Å². The van der Waals surface area contributed by atoms with Gasteiger partial charge in [0.25, 0.3) is 0 Å². The molecule has 0 amide bonds. The quantitative estimate of drug-likeness (QED) is 0.829. The zero-order valence-electron chi connectivity index (χ0n) is 9.56. The smallest absolute Gasteiger partial charge is 0.336 e. The third kappa shape index (κ3) is 3.42. The topological polar surface area (TPSA) is 68.7 Å². The van der Waals surface area contributed by atoms with E-state index in [4.69, 9.17) is 14.6 Å². The van der Waals surface area contributed by atoms with Crippen LogP contribution in [0.1, 0.15) is 31.1 Å². The minimum absolute atomic E-state index is 0.0639. The van der Waals surface area contributed by atoms with E-state index in [1.54, 1.807) is 6.92 Å². The predicted octanol–water partition coefficient (Wildman–Crippen LogP) is 1.97. The normalized spacial score (nSPS) is 10.2. The third-order valence-electron chi connectivity index (χ3n) is 1.67. The highest BCUT2D eigenvalue weighted by atomic mass is 16.5. The summed E-state index contributed by atoms with van der Waals surface area (Å²) in [6.07, 6.45) is -0.0639. The maximum Gasteiger partial charge on any atom is 0.336 e. The lowest BCUT2D eigenvalue weighted by Crippen LogP contribution is -2.09. The number of hydrogen-bond acceptors (Lipinski definition) is 4. The summed E-state index contributed by atoms with van der Waals surface area (Å²) in [4.78, 5) is 14.9. The van der Waals surface area contributed by atoms with Gasteiger partial charge >= 0.3 is 5.97 Å². The van der Waals surface area contributed by atoms with E-state index in [1.165, 1.54) is 12.1 Å². The minimum atomic E-state index is -1.03. The molecule has 16 heavy (non-hydrogen) atoms. The molecule has 1 N–H and O–H groups in total. The molecule has 0 radical (unpaired) electrons. The molecule has 0 saturated carbocycles. The summed E-state index contributed by atoms with van der Waals surface area (Å²) >= 11 is 0. The van der Waals surface area contributed by atoms with E-state index in [2.05, 4.69) is 4.98 Å². The van der Waals surface area contributed by atoms with Gasteiger partial charge < -0.3 is 14.6 Å². The van der Waals surface area contributed by atoms with E-state index in [1.807, 2.05) is 13.8 Å². The van der Waals surface area contributed by atoms with Crippen molar-refractivity contribution < 1.29 is 19.4 Å². The average Bonchev–Trinajstić information content (AvgIpc) is 2.16. The summed E-state index contributed by atoms with van der Waals surface area (Å²) in [6, 6.07) is 2.75. The van der Waals surface area contributed by atoms with Crippen LogP contribution < -0.4 is 9.47 Å². The van der Waals surface area contributed by atoms with Crippen molar-refractivity contribution >= 4 is 5.97 Å². The summed E-state index contributed by atoms with van der Waals surface area (Å²) < 4.78 is 10.5. The molecule has 0 bridgehead atoms. The van der Waals surface area contributed by atoms with E-state index in [0.29, 0.717) is 6.61 Å². The lowest BCUT2D eigenvalue weighted by molar-refractivity contribution is 0.0695. The molecule has 0 aliphatic carbocycles. The van der Waals surface area contributed by atoms with Crippen molar-refractivity contribution in [3.8, 4) is 11.8 Å². The molecule has 1 rings (SSSR count). The highest BCUT2D eigenvalue weighted by molar-refractivity contribution is 5.88. The SMILES string of the molecule is CCOc1cc(C(=O)O)cc(OC(C)C)n1. The van der Waals surface area contributed by atoms with Gasteiger partial charge in [-0.15, -0.1) is 0 Å². The molecule has 0 aromatic carbocycles. The minimum Gasteiger partial charge on any atom is -0.478 e. The number of nitrogens with zero attached hydrogens (tertiary/aromatic N) is 1. The third-order valence-corrected chi connectivity index (χ3v) is 1.67. The first kappa shape index (κ1) is 12.3. The number of aromatic nitrogens is 1. The van der Waals surface area contributed by atoms with Crippen molar-refractivity contribution in [2.45, 2.75) is 26.9 Å². The summed E-state index contributed by atoms with van der Waals surface area (Å²) in [5.74, 6) is -0.506. The molecule has 0 unspecified atom stereocenters. The van der Waals surface area contributed by atoms with Gasteiger partial charge in [0, 0.05) is 12.1 Å². The Morgan fingerprint density at radius 2 is 2.06 bits per heavy atom. The molecule has 0 fully saturated rings. The van der Waals surface area contributed by atoms with E-state index in [9.17, 15) is 4.79 Å². The van der Waals surface area contributed by atoms with Crippen LogP contribution in [0.3, 0.4) is 0 Å². The van der Waals surface area contributed by atoms with Gasteiger partial charge in [0.15, 0.2) is 0 Å². The summed E-state index contributed by atoms with van der Waals surface area (Å²) in [5.41, 5.74) is 0.106. The molecule has 1 heterocycles. The maximum absolute atomic E-state index is 10.9. The summed E-state index contributed by atoms with van der Waals surface area (Å²) in [7, 11) is 0. The molecule has 5 heteroatoms. The number of hydrogen-bond donors (Lipinski definition) is 1. The molecule has 0 atom stereocenters. The van der Waals surface area contributed by atoms with Crippen LogP contribution in [-0.2, 0) is 0 Å². The second-order valence-corrected chi connectivity index (χ2v) is 3.44. The highest BCUT2D eigenvalue weighted by Gasteiger charge is 2.10. The van der Waals surface area contributed by atoms with Crippen molar-refractivity contribution in [1.29, 1.82) is 0 Å². The van der Waals surface area contributed by atoms with Crippen LogP contribution in [0.5, 0.6) is 11.8 Å². The van der Waals surface area contributed by atoms with Crippen LogP contribution in [0.25, 0.3) is 0 Å². The molecular formula is C11H15NO4. The first-order valence-electron chi connectivity index (χ1n) is 5.07. The average molecular weight is 225 g/mol. The first-order chi connectivity index (χ1) is 7.52. The van der Waals surface area contributed by atoms with E-state index < -0.39 is 5.97 Å². The van der Waals surface area contributed by atoms with Gasteiger partial charge in [0.1, 0.15) is 0 Å². The van der Waals surface area contributed by atoms with Gasteiger partial charge in [-0.25, -0.2) is 4.79 Å². The van der Waals surface area contributed by atoms with Crippen molar-refractivity contribution in [3.05, 3.63) is 17.7 Å². The molecule has 0 aliphatic rings. The molecule has 0 spiro atoms. The number of carboxylic acid groups (broad SMARTS) is 1. The van der Waals surface area contributed by atoms with Crippen molar-refractivity contribution in [2.75, 3.05) is 6.61 Å². The Balaban J connectivity index is 3.03. The Morgan fingerprint density at radius 3 is 2.56 bits per heavy atom. The number of carboxylic acids is 1. The first-order valence-corrected chi connectivity index (χ1v) is 5.07. The Kier molecular flexibility index (Phi) is 4.10. The Bertz CT molecular complexity index is 376. The van der Waals surface area contributed by atoms with Crippen molar-refractivity contribution in [1.82, 2.24) is 4.98 Å². The standard InChI is InChI=1S/C11H15NO4/c1-4-15-9-5-8(11(13)14)6-10(12-9)16-7(2)3/h5-7H,4H2,1-3H3,(H,13,14). The van der Waals surface area contributed by atoms with Crippen LogP contribution in [0.2, 0.25) is 0 Å². The second kappa shape index (κ2) is 5.34. The number of ether oxygens (including phenoxy) is 2. The zero-order valence-corrected chi connectivity index (χ0v) is 9.56. The van der Waals surface area contributed by atoms with Gasteiger partial charge in [-0.05, 0) is 20.8 Å². The fourth-order valence-electron chi connectivity index (χ4n) is 1.13. The van der Waals surface area contributed by atoms with Crippen LogP contribution in [0, 0.1) is 0 Å². The summed E-state index contributed by atoms with van der Waals surface area (Å²) in [6.45, 7) is 5.92. The van der Waals surface area contributed by atoms with E-state index >= 15 is 0 Å². The maximum atomic E-state index is 10.9. The number of pyridine rings is 1. The Hall–Kier alpha value is -1.78. The lowest BCUT2D eigenvalue weighted by atomic mass is 10.2. The van der Waals surface area contributed by atoms with Gasteiger partial charge in [-0.3, -0.25) is 0 Å². The van der Waals surface area contributed by atoms with Gasteiger partial charge in [-0.2, -0.15) is 4.98 Å². The lowest BCUT2D eigenvalue weighted by Gasteiger charge is -2.11. The largest absolute Gasteiger partial charge is 0.478 e. The van der Waals surface area contributed by atoms with Crippen LogP contribution in [-0.4, -0.2) is 28.8 Å². The van der Waals surface area contributed by atoms with Crippen molar-refractivity contribution in [2.24, 2.45) is 0 Å². The van der Waals surface area contributed by atoms with E-state index in [0.717, 1.165) is 0 Å². The molecule has 0 saturated heterocycles. The van der Waals surface area contributed by atoms with E-state index in [-0.39, 0.29) is 23.4 Å². The molecule has 88 valence electrons. The second-order valence-electron chi connectivity index (χ2n) is 3.44. The summed E-state index contributed by atoms with van der Waals surface area (Å²) in [5, 5.41) is 8.90. The van der Waals surface area contributed by atoms with Crippen LogP contribution in [0.15, 0.2) is 12.1 Å². The number of carbonyl (C=O) groups is 1. The fraction of sp³-hybridized carbons (Fsp3) is 0.455. The van der Waals surface area contributed by atoms with Crippen molar-refractivity contribution in [3.63, 3.8) is 0 Å². The zero-order chi connectivity index (χ0) is 12.1. The molecule has 0 aliphatic heterocycles. The molecule has 5 nitrogen and oxygen atoms in total. The molecule has 1 aromatic heterocycles. The number of aromatic carboxylic acids is 1. The molecular weight excluding hydrogens is 210 g/mol.